The van der Waals surface area contributed by atoms with Crippen molar-refractivity contribution in [3.8, 4) is 0 Å². The van der Waals surface area contributed by atoms with E-state index in [0.717, 1.165) is 18.4 Å². The van der Waals surface area contributed by atoms with E-state index in [1.807, 2.05) is 0 Å². The Balaban J connectivity index is 1.38. The highest BCUT2D eigenvalue weighted by Gasteiger charge is 2.72. The predicted octanol–water partition coefficient (Wildman–Crippen LogP) is 3.69. The first-order valence-corrected chi connectivity index (χ1v) is 11.4. The van der Waals surface area contributed by atoms with Crippen LogP contribution in [0.15, 0.2) is 35.9 Å². The molecule has 2 aliphatic heterocycles. The van der Waals surface area contributed by atoms with E-state index >= 15 is 0 Å². The number of amides is 1. The van der Waals surface area contributed by atoms with E-state index in [2.05, 4.69) is 32.2 Å². The molecule has 0 aromatic heterocycles. The van der Waals surface area contributed by atoms with Crippen molar-refractivity contribution in [2.45, 2.75) is 76.1 Å². The molecule has 8 nitrogen and oxygen atoms in total. The topological polar surface area (TPSA) is 110 Å². The van der Waals surface area contributed by atoms with Crippen molar-refractivity contribution >= 4 is 12.1 Å². The van der Waals surface area contributed by atoms with Crippen molar-refractivity contribution in [3.63, 3.8) is 0 Å². The highest BCUT2D eigenvalue weighted by atomic mass is 16.6. The maximum Gasteiger partial charge on any atom is 0.407 e. The van der Waals surface area contributed by atoms with Crippen LogP contribution in [0.1, 0.15) is 56.0 Å². The zero-order chi connectivity index (χ0) is 23.8. The van der Waals surface area contributed by atoms with Gasteiger partial charge in [-0.15, -0.1) is 0 Å². The number of carboxylic acids is 1. The number of ether oxygens (including phenoxy) is 4. The fourth-order valence-electron chi connectivity index (χ4n) is 5.19. The summed E-state index contributed by atoms with van der Waals surface area (Å²) in [5.41, 5.74) is 1.60. The number of carboxylic acid groups (broad SMARTS) is 1. The summed E-state index contributed by atoms with van der Waals surface area (Å²) in [6, 6.07) is 6.36. The molecule has 0 radical (unpaired) electrons. The van der Waals surface area contributed by atoms with Crippen molar-refractivity contribution < 1.29 is 33.6 Å². The van der Waals surface area contributed by atoms with Gasteiger partial charge in [-0.1, -0.05) is 23.8 Å². The molecule has 33 heavy (non-hydrogen) atoms. The molecule has 1 saturated carbocycles. The number of allylic oxidation sites excluding steroid dienone is 1. The lowest BCUT2D eigenvalue weighted by Crippen LogP contribution is -2.56. The van der Waals surface area contributed by atoms with E-state index in [1.165, 1.54) is 17.7 Å². The van der Waals surface area contributed by atoms with E-state index in [0.29, 0.717) is 13.0 Å². The molecular formula is C25H33NO7. The molecule has 0 bridgehead atoms. The van der Waals surface area contributed by atoms with Crippen LogP contribution in [-0.2, 0) is 25.5 Å². The van der Waals surface area contributed by atoms with Crippen molar-refractivity contribution in [2.75, 3.05) is 13.7 Å². The number of benzene rings is 1. The normalized spacial score (nSPS) is 34.4. The number of hydrogen-bond acceptors (Lipinski definition) is 6. The maximum atomic E-state index is 12.6. The van der Waals surface area contributed by atoms with Gasteiger partial charge in [-0.25, -0.2) is 9.59 Å². The Morgan fingerprint density at radius 2 is 1.97 bits per heavy atom. The minimum Gasteiger partial charge on any atom is -0.478 e. The molecule has 3 aliphatic rings. The Bertz CT molecular complexity index is 919. The standard InChI is InChI=1S/C25H33NO7/c1-15(2)5-10-19-24(3,33-19)21-20(30-4)18(11-12-25(21)14-31-25)32-23(29)26-13-16-6-8-17(9-7-16)22(27)28/h5-9,18-21H,10-14H2,1-4H3,(H,26,29)(H,27,28)/t18-,19-,20-,21-,24?,25+/m1/s1. The molecular weight excluding hydrogens is 426 g/mol. The maximum absolute atomic E-state index is 12.6. The number of rotatable bonds is 8. The van der Waals surface area contributed by atoms with E-state index < -0.39 is 18.2 Å². The Morgan fingerprint density at radius 3 is 2.55 bits per heavy atom. The quantitative estimate of drug-likeness (QED) is 0.451. The van der Waals surface area contributed by atoms with Crippen LogP contribution in [-0.4, -0.2) is 60.4 Å². The largest absolute Gasteiger partial charge is 0.478 e. The minimum absolute atomic E-state index is 0.0272. The number of carbonyl (C=O) groups excluding carboxylic acids is 1. The van der Waals surface area contributed by atoms with Gasteiger partial charge in [0.1, 0.15) is 23.4 Å². The van der Waals surface area contributed by atoms with Gasteiger partial charge in [0, 0.05) is 13.7 Å². The lowest BCUT2D eigenvalue weighted by atomic mass is 9.68. The van der Waals surface area contributed by atoms with Crippen LogP contribution in [0.25, 0.3) is 0 Å². The predicted molar refractivity (Wildman–Crippen MR) is 120 cm³/mol. The molecule has 1 aliphatic carbocycles. The van der Waals surface area contributed by atoms with Gasteiger partial charge < -0.3 is 29.4 Å². The highest BCUT2D eigenvalue weighted by Crippen LogP contribution is 2.59. The van der Waals surface area contributed by atoms with Crippen LogP contribution in [0.4, 0.5) is 4.79 Å². The van der Waals surface area contributed by atoms with Crippen LogP contribution >= 0.6 is 0 Å². The summed E-state index contributed by atoms with van der Waals surface area (Å²) >= 11 is 0. The molecule has 1 spiro atoms. The van der Waals surface area contributed by atoms with E-state index in [-0.39, 0.29) is 41.4 Å². The summed E-state index contributed by atoms with van der Waals surface area (Å²) in [6.45, 7) is 7.18. The van der Waals surface area contributed by atoms with Crippen molar-refractivity contribution in [3.05, 3.63) is 47.0 Å². The lowest BCUT2D eigenvalue weighted by molar-refractivity contribution is -0.118. The number of hydrogen-bond donors (Lipinski definition) is 2. The van der Waals surface area contributed by atoms with Gasteiger partial charge in [0.2, 0.25) is 0 Å². The van der Waals surface area contributed by atoms with E-state index in [4.69, 9.17) is 24.1 Å². The second-order valence-corrected chi connectivity index (χ2v) is 9.68. The van der Waals surface area contributed by atoms with Crippen LogP contribution in [0.3, 0.4) is 0 Å². The van der Waals surface area contributed by atoms with Crippen molar-refractivity contribution in [2.24, 2.45) is 5.92 Å². The molecule has 180 valence electrons. The van der Waals surface area contributed by atoms with Gasteiger partial charge in [0.05, 0.1) is 24.2 Å². The fraction of sp³-hybridized carbons (Fsp3) is 0.600. The minimum atomic E-state index is -0.986. The number of methoxy groups -OCH3 is 1. The number of epoxide rings is 2. The molecule has 4 rings (SSSR count). The third-order valence-corrected chi connectivity index (χ3v) is 7.13. The first-order chi connectivity index (χ1) is 15.7. The zero-order valence-electron chi connectivity index (χ0n) is 19.6. The Hall–Kier alpha value is -2.42. The zero-order valence-corrected chi connectivity index (χ0v) is 19.6. The number of nitrogens with one attached hydrogen (secondary N) is 1. The molecule has 2 saturated heterocycles. The molecule has 2 heterocycles. The molecule has 1 aromatic carbocycles. The van der Waals surface area contributed by atoms with Crippen LogP contribution in [0.5, 0.6) is 0 Å². The number of alkyl carbamates (subject to hydrolysis) is 1. The summed E-state index contributed by atoms with van der Waals surface area (Å²) in [5, 5.41) is 11.7. The lowest BCUT2D eigenvalue weighted by Gasteiger charge is -2.42. The second kappa shape index (κ2) is 9.08. The number of carbonyl (C=O) groups is 2. The first kappa shape index (κ1) is 23.7. The molecule has 8 heteroatoms. The van der Waals surface area contributed by atoms with E-state index in [9.17, 15) is 9.59 Å². The molecule has 2 N–H and O–H groups in total. The highest BCUT2D eigenvalue weighted by molar-refractivity contribution is 5.87. The molecule has 1 aromatic rings. The van der Waals surface area contributed by atoms with Gasteiger partial charge in [-0.3, -0.25) is 0 Å². The van der Waals surface area contributed by atoms with Gasteiger partial charge in [-0.2, -0.15) is 0 Å². The van der Waals surface area contributed by atoms with Gasteiger partial charge in [0.25, 0.3) is 0 Å². The van der Waals surface area contributed by atoms with Gasteiger partial charge in [-0.05, 0) is 57.7 Å². The fourth-order valence-corrected chi connectivity index (χ4v) is 5.19. The SMILES string of the molecule is CO[C@H]1[C@H](C2(C)O[C@@H]2CC=C(C)C)[C@]2(CC[C@H]1OC(=O)NCc1ccc(C(=O)O)cc1)CO2. The van der Waals surface area contributed by atoms with Crippen LogP contribution in [0.2, 0.25) is 0 Å². The van der Waals surface area contributed by atoms with E-state index in [1.54, 1.807) is 19.2 Å². The Labute approximate surface area is 194 Å². The summed E-state index contributed by atoms with van der Waals surface area (Å²) < 4.78 is 23.8. The molecule has 1 unspecified atom stereocenters. The summed E-state index contributed by atoms with van der Waals surface area (Å²) in [7, 11) is 1.65. The smallest absolute Gasteiger partial charge is 0.407 e. The monoisotopic (exact) mass is 459 g/mol. The summed E-state index contributed by atoms with van der Waals surface area (Å²) in [5.74, 6) is -1.01. The third kappa shape index (κ3) is 4.93. The first-order valence-electron chi connectivity index (χ1n) is 11.4. The average Bonchev–Trinajstić information content (AvgIpc) is 3.69. The summed E-state index contributed by atoms with van der Waals surface area (Å²) in [4.78, 5) is 23.5. The second-order valence-electron chi connectivity index (χ2n) is 9.68. The van der Waals surface area contributed by atoms with Crippen molar-refractivity contribution in [1.82, 2.24) is 5.32 Å². The number of aromatic carboxylic acids is 1. The molecule has 3 fully saturated rings. The summed E-state index contributed by atoms with van der Waals surface area (Å²) in [6.07, 6.45) is 3.30. The van der Waals surface area contributed by atoms with Crippen LogP contribution < -0.4 is 5.32 Å². The Kier molecular flexibility index (Phi) is 6.53. The molecule has 1 amide bonds. The average molecular weight is 460 g/mol. The third-order valence-electron chi connectivity index (χ3n) is 7.13. The van der Waals surface area contributed by atoms with Crippen molar-refractivity contribution in [1.29, 1.82) is 0 Å². The van der Waals surface area contributed by atoms with Gasteiger partial charge >= 0.3 is 12.1 Å². The van der Waals surface area contributed by atoms with Gasteiger partial charge in [0.15, 0.2) is 0 Å². The van der Waals surface area contributed by atoms with Crippen LogP contribution in [0, 0.1) is 5.92 Å². The molecule has 6 atom stereocenters. The Morgan fingerprint density at radius 1 is 1.27 bits per heavy atom.